The maximum atomic E-state index is 9.12. The summed E-state index contributed by atoms with van der Waals surface area (Å²) in [5.41, 5.74) is 1.90. The molecule has 3 rings (SSSR count). The van der Waals surface area contributed by atoms with Crippen LogP contribution < -0.4 is 5.32 Å². The summed E-state index contributed by atoms with van der Waals surface area (Å²) in [5.74, 6) is 0.481. The molecule has 0 saturated heterocycles. The van der Waals surface area contributed by atoms with Crippen molar-refractivity contribution in [2.75, 3.05) is 11.9 Å². The Morgan fingerprint density at radius 1 is 1.12 bits per heavy atom. The minimum atomic E-state index is -0.00832. The number of aliphatic hydroxyl groups is 1. The monoisotopic (exact) mass is 343 g/mol. The summed E-state index contributed by atoms with van der Waals surface area (Å²) >= 11 is 6.00. The molecule has 3 aromatic rings. The lowest BCUT2D eigenvalue weighted by Gasteiger charge is -2.17. The Morgan fingerprint density at radius 3 is 2.71 bits per heavy atom. The van der Waals surface area contributed by atoms with Crippen molar-refractivity contribution in [2.45, 2.75) is 18.9 Å². The summed E-state index contributed by atoms with van der Waals surface area (Å²) in [4.78, 5) is 4.38. The number of rotatable bonds is 7. The van der Waals surface area contributed by atoms with Crippen molar-refractivity contribution < 1.29 is 9.63 Å². The molecule has 0 saturated carbocycles. The normalized spacial score (nSPS) is 12.1. The topological polar surface area (TPSA) is 71.2 Å². The van der Waals surface area contributed by atoms with E-state index in [4.69, 9.17) is 21.2 Å². The molecular formula is C18H18ClN3O2. The Balaban J connectivity index is 1.78. The molecule has 0 aliphatic heterocycles. The van der Waals surface area contributed by atoms with Crippen LogP contribution in [-0.2, 0) is 0 Å². The second-order valence-electron chi connectivity index (χ2n) is 5.41. The van der Waals surface area contributed by atoms with Gasteiger partial charge in [-0.3, -0.25) is 0 Å². The van der Waals surface area contributed by atoms with Gasteiger partial charge in [-0.1, -0.05) is 59.2 Å². The third kappa shape index (κ3) is 4.13. The third-order valence-electron chi connectivity index (χ3n) is 3.66. The van der Waals surface area contributed by atoms with Crippen LogP contribution in [-0.4, -0.2) is 21.9 Å². The number of aliphatic hydroxyl groups excluding tert-OH is 1. The number of anilines is 1. The van der Waals surface area contributed by atoms with Crippen molar-refractivity contribution in [1.82, 2.24) is 10.1 Å². The summed E-state index contributed by atoms with van der Waals surface area (Å²) in [5, 5.41) is 17.0. The number of nitrogens with one attached hydrogen (secondary N) is 1. The van der Waals surface area contributed by atoms with E-state index < -0.39 is 0 Å². The average molecular weight is 344 g/mol. The first-order valence-corrected chi connectivity index (χ1v) is 8.16. The fraction of sp³-hybridized carbons (Fsp3) is 0.222. The third-order valence-corrected chi connectivity index (χ3v) is 3.89. The van der Waals surface area contributed by atoms with Gasteiger partial charge in [-0.2, -0.15) is 4.98 Å². The van der Waals surface area contributed by atoms with Crippen molar-refractivity contribution in [3.8, 4) is 11.4 Å². The summed E-state index contributed by atoms with van der Waals surface area (Å²) in [6.07, 6.45) is 1.44. The second-order valence-corrected chi connectivity index (χ2v) is 5.84. The van der Waals surface area contributed by atoms with E-state index in [0.29, 0.717) is 23.3 Å². The van der Waals surface area contributed by atoms with E-state index >= 15 is 0 Å². The highest BCUT2D eigenvalue weighted by molar-refractivity contribution is 6.30. The standard InChI is InChI=1S/C18H18ClN3O2/c19-15-9-4-8-14(12-15)17-21-18(24-22-17)20-16(10-5-11-23)13-6-2-1-3-7-13/h1-4,6-9,12,16,23H,5,10-11H2,(H,20,21,22). The summed E-state index contributed by atoms with van der Waals surface area (Å²) in [6.45, 7) is 0.141. The molecule has 124 valence electrons. The predicted molar refractivity (Wildman–Crippen MR) is 93.9 cm³/mol. The van der Waals surface area contributed by atoms with Crippen LogP contribution in [0.1, 0.15) is 24.4 Å². The molecule has 0 aliphatic carbocycles. The molecule has 0 aliphatic rings. The van der Waals surface area contributed by atoms with Crippen molar-refractivity contribution in [3.05, 3.63) is 65.2 Å². The van der Waals surface area contributed by atoms with Crippen LogP contribution in [0.5, 0.6) is 0 Å². The van der Waals surface area contributed by atoms with Crippen LogP contribution in [0.4, 0.5) is 6.01 Å². The lowest BCUT2D eigenvalue weighted by Crippen LogP contribution is -2.11. The van der Waals surface area contributed by atoms with E-state index in [2.05, 4.69) is 15.5 Å². The summed E-state index contributed by atoms with van der Waals surface area (Å²) in [7, 11) is 0. The maximum Gasteiger partial charge on any atom is 0.322 e. The fourth-order valence-corrected chi connectivity index (χ4v) is 2.67. The van der Waals surface area contributed by atoms with E-state index in [9.17, 15) is 0 Å². The Hall–Kier alpha value is -2.37. The van der Waals surface area contributed by atoms with Crippen molar-refractivity contribution in [1.29, 1.82) is 0 Å². The molecular weight excluding hydrogens is 326 g/mol. The van der Waals surface area contributed by atoms with Crippen LogP contribution >= 0.6 is 11.6 Å². The van der Waals surface area contributed by atoms with E-state index in [1.807, 2.05) is 42.5 Å². The number of halogens is 1. The lowest BCUT2D eigenvalue weighted by atomic mass is 10.0. The molecule has 0 bridgehead atoms. The largest absolute Gasteiger partial charge is 0.396 e. The Labute approximate surface area is 145 Å². The van der Waals surface area contributed by atoms with Crippen molar-refractivity contribution in [3.63, 3.8) is 0 Å². The van der Waals surface area contributed by atoms with Crippen molar-refractivity contribution in [2.24, 2.45) is 0 Å². The first-order valence-electron chi connectivity index (χ1n) is 7.78. The fourth-order valence-electron chi connectivity index (χ4n) is 2.48. The zero-order valence-electron chi connectivity index (χ0n) is 13.0. The van der Waals surface area contributed by atoms with E-state index in [1.54, 1.807) is 12.1 Å². The highest BCUT2D eigenvalue weighted by Gasteiger charge is 2.15. The van der Waals surface area contributed by atoms with Gasteiger partial charge in [0.1, 0.15) is 0 Å². The lowest BCUT2D eigenvalue weighted by molar-refractivity contribution is 0.280. The molecule has 0 amide bonds. The Kier molecular flexibility index (Phi) is 5.46. The molecule has 0 radical (unpaired) electrons. The van der Waals surface area contributed by atoms with Gasteiger partial charge in [-0.15, -0.1) is 0 Å². The van der Waals surface area contributed by atoms with E-state index in [1.165, 1.54) is 0 Å². The second kappa shape index (κ2) is 7.95. The molecule has 6 heteroatoms. The van der Waals surface area contributed by atoms with Gasteiger partial charge in [0.15, 0.2) is 0 Å². The predicted octanol–water partition coefficient (Wildman–Crippen LogP) is 4.32. The molecule has 1 heterocycles. The van der Waals surface area contributed by atoms with Gasteiger partial charge in [0, 0.05) is 17.2 Å². The zero-order valence-corrected chi connectivity index (χ0v) is 13.8. The number of benzene rings is 2. The van der Waals surface area contributed by atoms with Gasteiger partial charge in [-0.25, -0.2) is 0 Å². The number of hydrogen-bond donors (Lipinski definition) is 2. The highest BCUT2D eigenvalue weighted by Crippen LogP contribution is 2.25. The Bertz CT molecular complexity index is 777. The molecule has 24 heavy (non-hydrogen) atoms. The van der Waals surface area contributed by atoms with Crippen molar-refractivity contribution >= 4 is 17.6 Å². The molecule has 0 fully saturated rings. The highest BCUT2D eigenvalue weighted by atomic mass is 35.5. The van der Waals surface area contributed by atoms with Crippen LogP contribution in [0.25, 0.3) is 11.4 Å². The number of nitrogens with zero attached hydrogens (tertiary/aromatic N) is 2. The van der Waals surface area contributed by atoms with Crippen LogP contribution in [0.3, 0.4) is 0 Å². The zero-order chi connectivity index (χ0) is 16.8. The van der Waals surface area contributed by atoms with Gasteiger partial charge in [0.2, 0.25) is 5.82 Å². The molecule has 1 aromatic heterocycles. The molecule has 1 atom stereocenters. The first kappa shape index (κ1) is 16.5. The molecule has 0 spiro atoms. The quantitative estimate of drug-likeness (QED) is 0.668. The Morgan fingerprint density at radius 2 is 1.96 bits per heavy atom. The van der Waals surface area contributed by atoms with Gasteiger partial charge in [-0.05, 0) is 30.5 Å². The minimum absolute atomic E-state index is 0.00832. The first-order chi connectivity index (χ1) is 11.8. The van der Waals surface area contributed by atoms with E-state index in [0.717, 1.165) is 17.5 Å². The average Bonchev–Trinajstić information content (AvgIpc) is 3.08. The minimum Gasteiger partial charge on any atom is -0.396 e. The smallest absolute Gasteiger partial charge is 0.322 e. The van der Waals surface area contributed by atoms with Gasteiger partial charge in [0.05, 0.1) is 6.04 Å². The molecule has 1 unspecified atom stereocenters. The van der Waals surface area contributed by atoms with Crippen LogP contribution in [0.2, 0.25) is 5.02 Å². The summed E-state index contributed by atoms with van der Waals surface area (Å²) < 4.78 is 5.31. The summed E-state index contributed by atoms with van der Waals surface area (Å²) in [6, 6.07) is 17.6. The molecule has 2 N–H and O–H groups in total. The number of hydrogen-bond acceptors (Lipinski definition) is 5. The maximum absolute atomic E-state index is 9.12. The van der Waals surface area contributed by atoms with E-state index in [-0.39, 0.29) is 12.6 Å². The number of aromatic nitrogens is 2. The van der Waals surface area contributed by atoms with Crippen LogP contribution in [0.15, 0.2) is 59.1 Å². The van der Waals surface area contributed by atoms with Gasteiger partial charge in [0.25, 0.3) is 0 Å². The van der Waals surface area contributed by atoms with Gasteiger partial charge < -0.3 is 14.9 Å². The SMILES string of the molecule is OCCCC(Nc1nc(-c2cccc(Cl)c2)no1)c1ccccc1. The molecule has 5 nitrogen and oxygen atoms in total. The van der Waals surface area contributed by atoms with Gasteiger partial charge >= 0.3 is 6.01 Å². The molecule has 2 aromatic carbocycles. The van der Waals surface area contributed by atoms with Crippen LogP contribution in [0, 0.1) is 0 Å².